The number of hydrogen-bond donors (Lipinski definition) is 3. The van der Waals surface area contributed by atoms with Crippen LogP contribution in [0.4, 0.5) is 0 Å². The number of rotatable bonds is 4. The van der Waals surface area contributed by atoms with E-state index in [-0.39, 0.29) is 24.4 Å². The van der Waals surface area contributed by atoms with E-state index in [1.165, 1.54) is 53.4 Å². The van der Waals surface area contributed by atoms with Gasteiger partial charge in [-0.15, -0.1) is 11.3 Å². The van der Waals surface area contributed by atoms with Crippen molar-refractivity contribution in [2.75, 3.05) is 0 Å². The molecule has 2 aliphatic carbocycles. The zero-order chi connectivity index (χ0) is 34.3. The normalized spacial score (nSPS) is 22.8. The van der Waals surface area contributed by atoms with Crippen LogP contribution >= 0.6 is 11.3 Å². The fourth-order valence-electron chi connectivity index (χ4n) is 8.89. The predicted octanol–water partition coefficient (Wildman–Crippen LogP) is 11.8. The second kappa shape index (κ2) is 11.9. The molecule has 254 valence electrons. The average Bonchev–Trinajstić information content (AvgIpc) is 3.89. The Kier molecular flexibility index (Phi) is 6.96. The van der Waals surface area contributed by atoms with Crippen molar-refractivity contribution in [2.45, 2.75) is 50.1 Å². The summed E-state index contributed by atoms with van der Waals surface area (Å²) in [4.78, 5) is 0. The molecule has 3 aliphatic rings. The van der Waals surface area contributed by atoms with Crippen molar-refractivity contribution < 1.29 is 8.83 Å². The van der Waals surface area contributed by atoms with Gasteiger partial charge in [0.15, 0.2) is 0 Å². The Morgan fingerprint density at radius 1 is 0.615 bits per heavy atom. The summed E-state index contributed by atoms with van der Waals surface area (Å²) in [5, 5.41) is 16.7. The third-order valence-corrected chi connectivity index (χ3v) is 12.6. The fourth-order valence-corrected chi connectivity index (χ4v) is 10.1. The van der Waals surface area contributed by atoms with Crippen LogP contribution in [0.25, 0.3) is 54.3 Å². The molecule has 5 unspecified atom stereocenters. The van der Waals surface area contributed by atoms with Crippen molar-refractivity contribution in [3.63, 3.8) is 0 Å². The molecule has 11 rings (SSSR count). The van der Waals surface area contributed by atoms with Crippen molar-refractivity contribution in [3.05, 3.63) is 166 Å². The van der Waals surface area contributed by atoms with Gasteiger partial charge in [-0.3, -0.25) is 16.0 Å². The minimum Gasteiger partial charge on any atom is -0.460 e. The monoisotopic (exact) mass is 695 g/mol. The number of furan rings is 2. The molecular formula is C46H37N3O2S. The van der Waals surface area contributed by atoms with Gasteiger partial charge in [0.1, 0.15) is 22.7 Å². The van der Waals surface area contributed by atoms with Crippen LogP contribution in [0.3, 0.4) is 0 Å². The molecule has 4 heterocycles. The minimum atomic E-state index is -0.128. The maximum atomic E-state index is 6.90. The first-order valence-corrected chi connectivity index (χ1v) is 19.2. The van der Waals surface area contributed by atoms with Gasteiger partial charge in [0.25, 0.3) is 0 Å². The number of hydrogen-bond acceptors (Lipinski definition) is 6. The molecule has 1 aliphatic heterocycles. The first kappa shape index (κ1) is 30.4. The number of para-hydroxylation sites is 1. The Morgan fingerprint density at radius 2 is 1.37 bits per heavy atom. The van der Waals surface area contributed by atoms with Crippen LogP contribution in [-0.2, 0) is 0 Å². The van der Waals surface area contributed by atoms with E-state index in [9.17, 15) is 0 Å². The van der Waals surface area contributed by atoms with Gasteiger partial charge in [-0.2, -0.15) is 0 Å². The molecule has 0 amide bonds. The highest BCUT2D eigenvalue weighted by Crippen LogP contribution is 2.46. The molecule has 52 heavy (non-hydrogen) atoms. The van der Waals surface area contributed by atoms with Crippen LogP contribution in [0, 0.1) is 0 Å². The topological polar surface area (TPSA) is 62.4 Å². The van der Waals surface area contributed by atoms with E-state index in [2.05, 4.69) is 156 Å². The summed E-state index contributed by atoms with van der Waals surface area (Å²) in [6, 6.07) is 39.4. The first-order chi connectivity index (χ1) is 25.7. The van der Waals surface area contributed by atoms with Crippen LogP contribution in [0.2, 0.25) is 0 Å². The first-order valence-electron chi connectivity index (χ1n) is 18.4. The van der Waals surface area contributed by atoms with Crippen LogP contribution in [0.5, 0.6) is 0 Å². The van der Waals surface area contributed by atoms with E-state index < -0.39 is 0 Å². The van der Waals surface area contributed by atoms with E-state index in [1.54, 1.807) is 0 Å². The summed E-state index contributed by atoms with van der Waals surface area (Å²) >= 11 is 1.87. The SMILES string of the molecule is CC1CC=Cc2oc3c(C4CC=Cc5c4oc4cc(C6NC(c7ccccc7)NC(c7cccc8c7sc7ccccc78)N6)ccc54)cccc3c21. The van der Waals surface area contributed by atoms with Crippen molar-refractivity contribution in [3.8, 4) is 0 Å². The Morgan fingerprint density at radius 3 is 2.27 bits per heavy atom. The second-order valence-corrected chi connectivity index (χ2v) is 15.6. The van der Waals surface area contributed by atoms with E-state index in [0.29, 0.717) is 5.92 Å². The molecule has 5 aromatic carbocycles. The average molecular weight is 696 g/mol. The highest BCUT2D eigenvalue weighted by atomic mass is 32.1. The smallest absolute Gasteiger partial charge is 0.139 e. The third-order valence-electron chi connectivity index (χ3n) is 11.4. The van der Waals surface area contributed by atoms with Gasteiger partial charge >= 0.3 is 0 Å². The number of nitrogens with one attached hydrogen (secondary N) is 3. The van der Waals surface area contributed by atoms with E-state index >= 15 is 0 Å². The largest absolute Gasteiger partial charge is 0.460 e. The molecule has 0 bridgehead atoms. The molecule has 5 atom stereocenters. The fraction of sp³-hybridized carbons (Fsp3) is 0.174. The Labute approximate surface area is 305 Å². The van der Waals surface area contributed by atoms with Gasteiger partial charge in [-0.25, -0.2) is 0 Å². The van der Waals surface area contributed by atoms with E-state index in [4.69, 9.17) is 8.83 Å². The summed E-state index contributed by atoms with van der Waals surface area (Å²) in [7, 11) is 0. The third kappa shape index (κ3) is 4.72. The summed E-state index contributed by atoms with van der Waals surface area (Å²) in [6.07, 6.45) is 10.5. The van der Waals surface area contributed by atoms with Gasteiger partial charge in [0.05, 0.1) is 18.5 Å². The van der Waals surface area contributed by atoms with Crippen LogP contribution in [-0.4, -0.2) is 0 Å². The van der Waals surface area contributed by atoms with E-state index in [1.807, 2.05) is 11.3 Å². The Balaban J connectivity index is 0.989. The zero-order valence-electron chi connectivity index (χ0n) is 28.7. The lowest BCUT2D eigenvalue weighted by molar-refractivity contribution is 0.204. The number of benzene rings is 5. The molecule has 3 N–H and O–H groups in total. The molecule has 5 nitrogen and oxygen atoms in total. The summed E-state index contributed by atoms with van der Waals surface area (Å²) < 4.78 is 16.1. The number of allylic oxidation sites excluding steroid dienone is 2. The molecule has 0 saturated carbocycles. The van der Waals surface area contributed by atoms with Gasteiger partial charge in [0, 0.05) is 59.1 Å². The lowest BCUT2D eigenvalue weighted by Crippen LogP contribution is -2.54. The molecule has 1 fully saturated rings. The van der Waals surface area contributed by atoms with Crippen molar-refractivity contribution >= 4 is 65.6 Å². The van der Waals surface area contributed by atoms with Crippen LogP contribution in [0.15, 0.2) is 130 Å². The molecule has 0 radical (unpaired) electrons. The molecule has 1 saturated heterocycles. The summed E-state index contributed by atoms with van der Waals surface area (Å²) in [5.74, 6) is 2.54. The van der Waals surface area contributed by atoms with Crippen molar-refractivity contribution in [1.29, 1.82) is 0 Å². The maximum absolute atomic E-state index is 6.90. The Hall–Kier alpha value is -5.24. The molecule has 6 heteroatoms. The highest BCUT2D eigenvalue weighted by molar-refractivity contribution is 7.26. The highest BCUT2D eigenvalue weighted by Gasteiger charge is 2.33. The quantitative estimate of drug-likeness (QED) is 0.171. The molecular weight excluding hydrogens is 659 g/mol. The summed E-state index contributed by atoms with van der Waals surface area (Å²) in [5.41, 5.74) is 9.19. The van der Waals surface area contributed by atoms with Gasteiger partial charge < -0.3 is 8.83 Å². The zero-order valence-corrected chi connectivity index (χ0v) is 29.5. The summed E-state index contributed by atoms with van der Waals surface area (Å²) in [6.45, 7) is 2.29. The molecule has 3 aromatic heterocycles. The number of thiophene rings is 1. The Bertz CT molecular complexity index is 2730. The van der Waals surface area contributed by atoms with Gasteiger partial charge in [0.2, 0.25) is 0 Å². The van der Waals surface area contributed by atoms with E-state index in [0.717, 1.165) is 46.5 Å². The molecule has 0 spiro atoms. The lowest BCUT2D eigenvalue weighted by Gasteiger charge is -2.39. The standard InChI is InChI=1S/C46H37N3O2S/c1-26-11-7-21-37-40(26)35-19-9-17-33(42(35)50-37)32-16-8-15-31-29-24-23-28(25-38(29)51-41(31)32)45-47-44(27-12-3-2-4-13-27)48-46(49-45)36-20-10-18-34-30-14-5-6-22-39(30)52-43(34)36/h2-10,12-15,17-26,32,44-49H,11,16H2,1H3. The predicted molar refractivity (Wildman–Crippen MR) is 213 cm³/mol. The number of fused-ring (bicyclic) bond motifs is 9. The second-order valence-electron chi connectivity index (χ2n) is 14.5. The maximum Gasteiger partial charge on any atom is 0.139 e. The van der Waals surface area contributed by atoms with Crippen LogP contribution in [0.1, 0.15) is 95.0 Å². The lowest BCUT2D eigenvalue weighted by atomic mass is 9.84. The van der Waals surface area contributed by atoms with Crippen molar-refractivity contribution in [2.24, 2.45) is 0 Å². The van der Waals surface area contributed by atoms with Gasteiger partial charge in [-0.1, -0.05) is 122 Å². The molecule has 8 aromatic rings. The van der Waals surface area contributed by atoms with Crippen molar-refractivity contribution in [1.82, 2.24) is 16.0 Å². The minimum absolute atomic E-state index is 0.0629. The van der Waals surface area contributed by atoms with Crippen LogP contribution < -0.4 is 16.0 Å². The van der Waals surface area contributed by atoms with Gasteiger partial charge in [-0.05, 0) is 48.1 Å².